The van der Waals surface area contributed by atoms with Crippen molar-refractivity contribution in [2.75, 3.05) is 19.0 Å². The molecule has 2 aromatic rings. The van der Waals surface area contributed by atoms with E-state index in [9.17, 15) is 9.59 Å². The Morgan fingerprint density at radius 3 is 2.36 bits per heavy atom. The van der Waals surface area contributed by atoms with E-state index in [1.807, 2.05) is 25.1 Å². The summed E-state index contributed by atoms with van der Waals surface area (Å²) in [5.74, 6) is 0.0579. The third-order valence-electron chi connectivity index (χ3n) is 3.48. The van der Waals surface area contributed by atoms with Crippen molar-refractivity contribution in [1.29, 1.82) is 0 Å². The molecule has 0 saturated heterocycles. The van der Waals surface area contributed by atoms with Gasteiger partial charge in [-0.05, 0) is 37.6 Å². The lowest BCUT2D eigenvalue weighted by Crippen LogP contribution is -2.31. The molecule has 0 aromatic heterocycles. The Morgan fingerprint density at radius 1 is 1.04 bits per heavy atom. The summed E-state index contributed by atoms with van der Waals surface area (Å²) in [5.41, 5.74) is 1.42. The Balaban J connectivity index is 1.86. The molecule has 1 atom stereocenters. The van der Waals surface area contributed by atoms with Crippen LogP contribution in [0.1, 0.15) is 12.5 Å². The highest BCUT2D eigenvalue weighted by Gasteiger charge is 2.19. The second-order valence-electron chi connectivity index (χ2n) is 5.38. The summed E-state index contributed by atoms with van der Waals surface area (Å²) in [5, 5.41) is 2.67. The summed E-state index contributed by atoms with van der Waals surface area (Å²) in [6.45, 7) is 3.11. The maximum Gasteiger partial charge on any atom is 0.344 e. The maximum atomic E-state index is 12.2. The minimum Gasteiger partial charge on any atom is -0.495 e. The molecule has 1 amide bonds. The Morgan fingerprint density at radius 2 is 1.68 bits per heavy atom. The minimum atomic E-state index is -0.960. The molecule has 1 N–H and O–H groups in total. The average Bonchev–Trinajstić information content (AvgIpc) is 2.61. The van der Waals surface area contributed by atoms with Crippen molar-refractivity contribution in [3.63, 3.8) is 0 Å². The number of para-hydroxylation sites is 3. The van der Waals surface area contributed by atoms with E-state index in [2.05, 4.69) is 5.32 Å². The Hall–Kier alpha value is -3.02. The predicted molar refractivity (Wildman–Crippen MR) is 93.9 cm³/mol. The van der Waals surface area contributed by atoms with Gasteiger partial charge in [-0.2, -0.15) is 0 Å². The Kier molecular flexibility index (Phi) is 6.39. The van der Waals surface area contributed by atoms with E-state index in [-0.39, 0.29) is 6.61 Å². The van der Waals surface area contributed by atoms with Gasteiger partial charge in [0.25, 0.3) is 5.91 Å². The van der Waals surface area contributed by atoms with Crippen LogP contribution in [0.2, 0.25) is 0 Å². The predicted octanol–water partition coefficient (Wildman–Crippen LogP) is 2.95. The first kappa shape index (κ1) is 18.3. The molecule has 6 nitrogen and oxygen atoms in total. The fraction of sp³-hybridized carbons (Fsp3) is 0.263. The monoisotopic (exact) mass is 343 g/mol. The van der Waals surface area contributed by atoms with Gasteiger partial charge in [0.1, 0.15) is 11.5 Å². The molecule has 0 radical (unpaired) electrons. The SMILES string of the molecule is COc1ccccc1NC(=O)[C@@H](C)OC(=O)COc1ccccc1C. The van der Waals surface area contributed by atoms with E-state index < -0.39 is 18.0 Å². The number of nitrogens with one attached hydrogen (secondary N) is 1. The number of hydrogen-bond donors (Lipinski definition) is 1. The van der Waals surface area contributed by atoms with Gasteiger partial charge in [0.2, 0.25) is 0 Å². The van der Waals surface area contributed by atoms with Crippen LogP contribution >= 0.6 is 0 Å². The van der Waals surface area contributed by atoms with Crippen molar-refractivity contribution >= 4 is 17.6 Å². The first-order valence-corrected chi connectivity index (χ1v) is 7.83. The van der Waals surface area contributed by atoms with E-state index in [0.29, 0.717) is 17.2 Å². The summed E-state index contributed by atoms with van der Waals surface area (Å²) in [6, 6.07) is 14.3. The number of aryl methyl sites for hydroxylation is 1. The summed E-state index contributed by atoms with van der Waals surface area (Å²) < 4.78 is 15.7. The molecule has 0 aliphatic rings. The minimum absolute atomic E-state index is 0.267. The average molecular weight is 343 g/mol. The van der Waals surface area contributed by atoms with Gasteiger partial charge >= 0.3 is 5.97 Å². The van der Waals surface area contributed by atoms with Crippen LogP contribution in [0.5, 0.6) is 11.5 Å². The van der Waals surface area contributed by atoms with Crippen LogP contribution in [0.15, 0.2) is 48.5 Å². The summed E-state index contributed by atoms with van der Waals surface area (Å²) in [6.07, 6.45) is -0.960. The van der Waals surface area contributed by atoms with E-state index >= 15 is 0 Å². The smallest absolute Gasteiger partial charge is 0.344 e. The van der Waals surface area contributed by atoms with Crippen molar-refractivity contribution in [2.24, 2.45) is 0 Å². The van der Waals surface area contributed by atoms with E-state index in [1.165, 1.54) is 14.0 Å². The third kappa shape index (κ3) is 5.24. The number of rotatable bonds is 7. The lowest BCUT2D eigenvalue weighted by atomic mass is 10.2. The second-order valence-corrected chi connectivity index (χ2v) is 5.38. The zero-order valence-electron chi connectivity index (χ0n) is 14.4. The number of carbonyl (C=O) groups is 2. The fourth-order valence-corrected chi connectivity index (χ4v) is 2.12. The molecular formula is C19H21NO5. The molecular weight excluding hydrogens is 322 g/mol. The summed E-state index contributed by atoms with van der Waals surface area (Å²) >= 11 is 0. The van der Waals surface area contributed by atoms with Crippen LogP contribution in [0.4, 0.5) is 5.69 Å². The quantitative estimate of drug-likeness (QED) is 0.783. The van der Waals surface area contributed by atoms with Crippen LogP contribution in [0.3, 0.4) is 0 Å². The van der Waals surface area contributed by atoms with Gasteiger partial charge in [0.05, 0.1) is 12.8 Å². The molecule has 6 heteroatoms. The van der Waals surface area contributed by atoms with E-state index in [0.717, 1.165) is 5.56 Å². The first-order chi connectivity index (χ1) is 12.0. The number of methoxy groups -OCH3 is 1. The van der Waals surface area contributed by atoms with Crippen LogP contribution < -0.4 is 14.8 Å². The standard InChI is InChI=1S/C19H21NO5/c1-13-8-4-6-10-16(13)24-12-18(21)25-14(2)19(22)20-15-9-5-7-11-17(15)23-3/h4-11,14H,12H2,1-3H3,(H,20,22)/t14-/m1/s1. The second kappa shape index (κ2) is 8.73. The van der Waals surface area contributed by atoms with Crippen LogP contribution in [0, 0.1) is 6.92 Å². The van der Waals surface area contributed by atoms with Crippen molar-refractivity contribution in [3.05, 3.63) is 54.1 Å². The lowest BCUT2D eigenvalue weighted by molar-refractivity contribution is -0.155. The van der Waals surface area contributed by atoms with Crippen LogP contribution in [-0.4, -0.2) is 31.7 Å². The van der Waals surface area contributed by atoms with Crippen molar-refractivity contribution in [1.82, 2.24) is 0 Å². The Bertz CT molecular complexity index is 744. The molecule has 0 heterocycles. The molecule has 0 bridgehead atoms. The highest BCUT2D eigenvalue weighted by Crippen LogP contribution is 2.23. The van der Waals surface area contributed by atoms with Crippen molar-refractivity contribution in [3.8, 4) is 11.5 Å². The number of hydrogen-bond acceptors (Lipinski definition) is 5. The molecule has 0 fully saturated rings. The normalized spacial score (nSPS) is 11.3. The molecule has 2 rings (SSSR count). The van der Waals surface area contributed by atoms with E-state index in [1.54, 1.807) is 30.3 Å². The molecule has 0 unspecified atom stereocenters. The number of anilines is 1. The van der Waals surface area contributed by atoms with Gasteiger partial charge in [-0.25, -0.2) is 4.79 Å². The van der Waals surface area contributed by atoms with Gasteiger partial charge in [0, 0.05) is 0 Å². The molecule has 25 heavy (non-hydrogen) atoms. The van der Waals surface area contributed by atoms with Gasteiger partial charge in [-0.15, -0.1) is 0 Å². The number of esters is 1. The molecule has 0 saturated carbocycles. The van der Waals surface area contributed by atoms with Crippen LogP contribution in [0.25, 0.3) is 0 Å². The van der Waals surface area contributed by atoms with Crippen LogP contribution in [-0.2, 0) is 14.3 Å². The highest BCUT2D eigenvalue weighted by atomic mass is 16.6. The first-order valence-electron chi connectivity index (χ1n) is 7.83. The highest BCUT2D eigenvalue weighted by molar-refractivity contribution is 5.96. The lowest BCUT2D eigenvalue weighted by Gasteiger charge is -2.15. The number of benzene rings is 2. The largest absolute Gasteiger partial charge is 0.495 e. The molecule has 132 valence electrons. The van der Waals surface area contributed by atoms with Gasteiger partial charge in [-0.3, -0.25) is 4.79 Å². The molecule has 0 aliphatic heterocycles. The van der Waals surface area contributed by atoms with Crippen molar-refractivity contribution in [2.45, 2.75) is 20.0 Å². The Labute approximate surface area is 146 Å². The summed E-state index contributed by atoms with van der Waals surface area (Å²) in [7, 11) is 1.51. The van der Waals surface area contributed by atoms with Gasteiger partial charge < -0.3 is 19.5 Å². The molecule has 0 aliphatic carbocycles. The number of ether oxygens (including phenoxy) is 3. The summed E-state index contributed by atoms with van der Waals surface area (Å²) in [4.78, 5) is 24.0. The maximum absolute atomic E-state index is 12.2. The number of carbonyl (C=O) groups excluding carboxylic acids is 2. The number of amides is 1. The fourth-order valence-electron chi connectivity index (χ4n) is 2.12. The van der Waals surface area contributed by atoms with Crippen molar-refractivity contribution < 1.29 is 23.8 Å². The molecule has 0 spiro atoms. The van der Waals surface area contributed by atoms with Gasteiger partial charge in [0.15, 0.2) is 12.7 Å². The zero-order chi connectivity index (χ0) is 18.2. The zero-order valence-corrected chi connectivity index (χ0v) is 14.4. The molecule has 2 aromatic carbocycles. The topological polar surface area (TPSA) is 73.9 Å². The third-order valence-corrected chi connectivity index (χ3v) is 3.48. The van der Waals surface area contributed by atoms with E-state index in [4.69, 9.17) is 14.2 Å². The van der Waals surface area contributed by atoms with Gasteiger partial charge in [-0.1, -0.05) is 30.3 Å².